The lowest BCUT2D eigenvalue weighted by Crippen LogP contribution is -2.35. The van der Waals surface area contributed by atoms with Gasteiger partial charge in [0, 0.05) is 29.7 Å². The van der Waals surface area contributed by atoms with Gasteiger partial charge in [0.25, 0.3) is 5.91 Å². The van der Waals surface area contributed by atoms with E-state index in [0.717, 1.165) is 0 Å². The van der Waals surface area contributed by atoms with E-state index < -0.39 is 35.9 Å². The monoisotopic (exact) mass is 616 g/mol. The fraction of sp³-hybridized carbons (Fsp3) is 0.314. The first kappa shape index (κ1) is 31.7. The summed E-state index contributed by atoms with van der Waals surface area (Å²) in [6, 6.07) is 18.1. The Labute approximate surface area is 260 Å². The minimum absolute atomic E-state index is 0.176. The number of benzene rings is 3. The maximum absolute atomic E-state index is 14.5. The smallest absolute Gasteiger partial charge is 0.329 e. The molecule has 45 heavy (non-hydrogen) atoms. The number of nitrogens with one attached hydrogen (secondary N) is 1. The molecular formula is C35H37FN2O7. The van der Waals surface area contributed by atoms with E-state index in [0.29, 0.717) is 64.5 Å². The second-order valence-electron chi connectivity index (χ2n) is 11.2. The number of carbonyl (C=O) groups excluding carboxylic acids is 1. The lowest BCUT2D eigenvalue weighted by atomic mass is 9.95. The Morgan fingerprint density at radius 2 is 1.67 bits per heavy atom. The number of nitrogens with zero attached hydrogens (tertiary/aromatic N) is 1. The molecule has 0 spiro atoms. The van der Waals surface area contributed by atoms with Gasteiger partial charge in [-0.3, -0.25) is 4.79 Å². The largest absolute Gasteiger partial charge is 0.497 e. The number of rotatable bonds is 13. The highest BCUT2D eigenvalue weighted by molar-refractivity contribution is 6.13. The lowest BCUT2D eigenvalue weighted by Gasteiger charge is -2.27. The number of ether oxygens (including phenoxy) is 2. The van der Waals surface area contributed by atoms with Crippen LogP contribution in [0, 0.1) is 5.82 Å². The number of hydrogen-bond donors (Lipinski definition) is 4. The number of amides is 1. The summed E-state index contributed by atoms with van der Waals surface area (Å²) in [7, 11) is 3.00. The molecule has 1 saturated carbocycles. The van der Waals surface area contributed by atoms with Crippen molar-refractivity contribution in [2.75, 3.05) is 19.5 Å². The fourth-order valence-electron chi connectivity index (χ4n) is 5.77. The molecule has 1 fully saturated rings. The molecule has 9 nitrogen and oxygen atoms in total. The number of carbonyl (C=O) groups is 2. The predicted molar refractivity (Wildman–Crippen MR) is 168 cm³/mol. The quantitative estimate of drug-likeness (QED) is 0.140. The van der Waals surface area contributed by atoms with Crippen LogP contribution < -0.4 is 14.8 Å². The maximum Gasteiger partial charge on any atom is 0.329 e. The van der Waals surface area contributed by atoms with Gasteiger partial charge in [0.2, 0.25) is 0 Å². The minimum Gasteiger partial charge on any atom is -0.497 e. The lowest BCUT2D eigenvalue weighted by molar-refractivity contribution is -0.145. The molecule has 0 aliphatic heterocycles. The number of anilines is 1. The van der Waals surface area contributed by atoms with Gasteiger partial charge < -0.3 is 34.7 Å². The van der Waals surface area contributed by atoms with Gasteiger partial charge in [-0.05, 0) is 66.8 Å². The summed E-state index contributed by atoms with van der Waals surface area (Å²) in [5.41, 5.74) is 2.98. The molecule has 0 saturated heterocycles. The van der Waals surface area contributed by atoms with Crippen molar-refractivity contribution >= 4 is 17.6 Å². The van der Waals surface area contributed by atoms with E-state index in [9.17, 15) is 29.3 Å². The summed E-state index contributed by atoms with van der Waals surface area (Å²) in [4.78, 5) is 27.6. The molecular weight excluding hydrogens is 579 g/mol. The van der Waals surface area contributed by atoms with Crippen molar-refractivity contribution in [3.05, 3.63) is 89.9 Å². The highest BCUT2D eigenvalue weighted by Gasteiger charge is 2.43. The average Bonchev–Trinajstić information content (AvgIpc) is 3.83. The number of halogens is 1. The molecule has 0 radical (unpaired) electrons. The van der Waals surface area contributed by atoms with E-state index in [2.05, 4.69) is 5.32 Å². The molecule has 1 amide bonds. The molecule has 236 valence electrons. The first-order valence-corrected chi connectivity index (χ1v) is 14.9. The number of hydrogen-bond acceptors (Lipinski definition) is 6. The molecule has 0 bridgehead atoms. The normalized spacial score (nSPS) is 14.8. The van der Waals surface area contributed by atoms with Crippen LogP contribution in [0.3, 0.4) is 0 Å². The predicted octanol–water partition coefficient (Wildman–Crippen LogP) is 6.26. The van der Waals surface area contributed by atoms with Crippen molar-refractivity contribution in [1.29, 1.82) is 0 Å². The van der Waals surface area contributed by atoms with Gasteiger partial charge in [-0.1, -0.05) is 37.3 Å². The molecule has 1 heterocycles. The van der Waals surface area contributed by atoms with E-state index in [1.807, 2.05) is 30.3 Å². The van der Waals surface area contributed by atoms with Crippen LogP contribution in [0.4, 0.5) is 10.1 Å². The Bertz CT molecular complexity index is 1670. The summed E-state index contributed by atoms with van der Waals surface area (Å²) < 4.78 is 26.5. The number of aromatic nitrogens is 1. The van der Waals surface area contributed by atoms with E-state index >= 15 is 0 Å². The number of aliphatic carboxylic acids is 1. The molecule has 1 aliphatic carbocycles. The van der Waals surface area contributed by atoms with E-state index in [1.165, 1.54) is 43.1 Å². The van der Waals surface area contributed by atoms with Crippen molar-refractivity contribution < 1.29 is 38.8 Å². The summed E-state index contributed by atoms with van der Waals surface area (Å²) in [6.45, 7) is 1.74. The van der Waals surface area contributed by atoms with Gasteiger partial charge >= 0.3 is 5.97 Å². The highest BCUT2D eigenvalue weighted by atomic mass is 19.1. The second kappa shape index (κ2) is 13.5. The fourth-order valence-corrected chi connectivity index (χ4v) is 5.77. The number of methoxy groups -OCH3 is 2. The average molecular weight is 617 g/mol. The first-order valence-electron chi connectivity index (χ1n) is 14.9. The Balaban J connectivity index is 1.83. The summed E-state index contributed by atoms with van der Waals surface area (Å²) in [5, 5.41) is 35.4. The number of aliphatic hydroxyl groups excluding tert-OH is 2. The Morgan fingerprint density at radius 1 is 0.978 bits per heavy atom. The van der Waals surface area contributed by atoms with Crippen LogP contribution in [0.25, 0.3) is 22.4 Å². The molecule has 1 unspecified atom stereocenters. The molecule has 4 aromatic rings. The van der Waals surface area contributed by atoms with Gasteiger partial charge in [-0.25, -0.2) is 9.18 Å². The zero-order valence-corrected chi connectivity index (χ0v) is 25.4. The molecule has 4 N–H and O–H groups in total. The highest BCUT2D eigenvalue weighted by Crippen LogP contribution is 2.51. The Kier molecular flexibility index (Phi) is 9.55. The van der Waals surface area contributed by atoms with Crippen molar-refractivity contribution in [1.82, 2.24) is 4.57 Å². The van der Waals surface area contributed by atoms with Crippen LogP contribution in [0.5, 0.6) is 11.5 Å². The molecule has 1 aliphatic rings. The second-order valence-corrected chi connectivity index (χ2v) is 11.2. The van der Waals surface area contributed by atoms with Crippen LogP contribution in [-0.4, -0.2) is 58.2 Å². The van der Waals surface area contributed by atoms with Crippen LogP contribution in [0.1, 0.15) is 60.6 Å². The zero-order valence-electron chi connectivity index (χ0n) is 25.4. The van der Waals surface area contributed by atoms with Gasteiger partial charge in [-0.15, -0.1) is 0 Å². The van der Waals surface area contributed by atoms with Crippen molar-refractivity contribution in [2.24, 2.45) is 0 Å². The molecule has 10 heteroatoms. The molecule has 5 rings (SSSR count). The van der Waals surface area contributed by atoms with E-state index in [4.69, 9.17) is 9.47 Å². The van der Waals surface area contributed by atoms with E-state index in [1.54, 1.807) is 25.1 Å². The minimum atomic E-state index is -1.55. The Hall–Kier alpha value is -4.67. The summed E-state index contributed by atoms with van der Waals surface area (Å²) in [6.07, 6.45) is -0.899. The molecule has 3 atom stereocenters. The summed E-state index contributed by atoms with van der Waals surface area (Å²) in [5.74, 6) is -1.59. The third-order valence-electron chi connectivity index (χ3n) is 8.15. The SMILES string of the molecule is CC[C@@H](O)C[C@@H](O)C(C(=O)O)n1c(-c2ccc(F)cc2)c(-c2ccccc2)c(C(=O)Nc2ccc(OC)cc2OC)c1C1CC1. The number of carboxylic acids is 1. The molecule has 3 aromatic carbocycles. The van der Waals surface area contributed by atoms with Gasteiger partial charge in [0.1, 0.15) is 17.3 Å². The standard InChI is InChI=1S/C35H37FN2O7/c1-4-24(39)18-27(40)33(35(42)43)38-31(22-12-14-23(36)15-13-22)29(20-8-6-5-7-9-20)30(32(38)21-10-11-21)34(41)37-26-17-16-25(44-2)19-28(26)45-3/h5-9,12-17,19,21,24,27,33,39-40H,4,10-11,18H2,1-3H3,(H,37,41)(H,42,43)/t24-,27-,33?/m1/s1. The van der Waals surface area contributed by atoms with E-state index in [-0.39, 0.29) is 17.9 Å². The Morgan fingerprint density at radius 3 is 2.24 bits per heavy atom. The van der Waals surface area contributed by atoms with Crippen LogP contribution in [0.15, 0.2) is 72.8 Å². The van der Waals surface area contributed by atoms with Gasteiger partial charge in [0.15, 0.2) is 6.04 Å². The molecule has 1 aromatic heterocycles. The van der Waals surface area contributed by atoms with Crippen molar-refractivity contribution in [3.8, 4) is 33.9 Å². The van der Waals surface area contributed by atoms with Crippen LogP contribution in [0.2, 0.25) is 0 Å². The van der Waals surface area contributed by atoms with Gasteiger partial charge in [-0.2, -0.15) is 0 Å². The first-order chi connectivity index (χ1) is 21.7. The third-order valence-corrected chi connectivity index (χ3v) is 8.15. The third kappa shape index (κ3) is 6.57. The number of aliphatic hydroxyl groups is 2. The number of carboxylic acid groups (broad SMARTS) is 1. The topological polar surface area (TPSA) is 130 Å². The summed E-state index contributed by atoms with van der Waals surface area (Å²) >= 11 is 0. The van der Waals surface area contributed by atoms with Gasteiger partial charge in [0.05, 0.1) is 43.4 Å². The maximum atomic E-state index is 14.5. The van der Waals surface area contributed by atoms with Crippen molar-refractivity contribution in [3.63, 3.8) is 0 Å². The van der Waals surface area contributed by atoms with Crippen LogP contribution >= 0.6 is 0 Å². The zero-order chi connectivity index (χ0) is 32.2. The van der Waals surface area contributed by atoms with Crippen molar-refractivity contribution in [2.45, 2.75) is 56.8 Å². The van der Waals surface area contributed by atoms with Crippen LogP contribution in [-0.2, 0) is 4.79 Å².